The molecule has 1 saturated carbocycles. The van der Waals surface area contributed by atoms with Crippen LogP contribution in [0, 0.1) is 11.8 Å². The number of carbonyl (C=O) groups excluding carboxylic acids is 1. The molecule has 1 aromatic rings. The zero-order valence-electron chi connectivity index (χ0n) is 15.4. The average Bonchev–Trinajstić information content (AvgIpc) is 3.02. The predicted octanol–water partition coefficient (Wildman–Crippen LogP) is 2.51. The van der Waals surface area contributed by atoms with Gasteiger partial charge in [0.2, 0.25) is 5.91 Å². The molecule has 0 aromatic carbocycles. The molecule has 5 heteroatoms. The van der Waals surface area contributed by atoms with Crippen molar-refractivity contribution in [1.29, 1.82) is 0 Å². The molecule has 1 aliphatic carbocycles. The number of likely N-dealkylation sites (tertiary alicyclic amines) is 1. The zero-order chi connectivity index (χ0) is 17.4. The predicted molar refractivity (Wildman–Crippen MR) is 95.5 cm³/mol. The minimum absolute atomic E-state index is 0.264. The molecule has 5 nitrogen and oxygen atoms in total. The van der Waals surface area contributed by atoms with E-state index in [1.807, 2.05) is 0 Å². The Morgan fingerprint density at radius 1 is 1.16 bits per heavy atom. The summed E-state index contributed by atoms with van der Waals surface area (Å²) in [5.41, 5.74) is 0. The van der Waals surface area contributed by atoms with Crippen LogP contribution in [0.3, 0.4) is 0 Å². The average molecular weight is 346 g/mol. The van der Waals surface area contributed by atoms with Crippen molar-refractivity contribution >= 4 is 5.91 Å². The van der Waals surface area contributed by atoms with Gasteiger partial charge in [-0.2, -0.15) is 0 Å². The van der Waals surface area contributed by atoms with E-state index in [4.69, 9.17) is 9.15 Å². The first kappa shape index (κ1) is 17.1. The van der Waals surface area contributed by atoms with Crippen LogP contribution in [-0.4, -0.2) is 61.1 Å². The van der Waals surface area contributed by atoms with E-state index in [0.29, 0.717) is 30.7 Å². The first-order valence-corrected chi connectivity index (χ1v) is 9.80. The van der Waals surface area contributed by atoms with Crippen molar-refractivity contribution < 1.29 is 13.9 Å². The zero-order valence-corrected chi connectivity index (χ0v) is 15.4. The van der Waals surface area contributed by atoms with Gasteiger partial charge in [-0.25, -0.2) is 0 Å². The van der Waals surface area contributed by atoms with Crippen LogP contribution in [0.1, 0.15) is 44.1 Å². The van der Waals surface area contributed by atoms with E-state index in [1.54, 1.807) is 0 Å². The van der Waals surface area contributed by atoms with Crippen LogP contribution in [0.15, 0.2) is 16.5 Å². The summed E-state index contributed by atoms with van der Waals surface area (Å²) in [4.78, 5) is 17.2. The fourth-order valence-corrected chi connectivity index (χ4v) is 4.37. The molecular weight excluding hydrogens is 316 g/mol. The number of nitrogens with zero attached hydrogens (tertiary/aromatic N) is 2. The molecule has 4 rings (SSSR count). The van der Waals surface area contributed by atoms with Crippen LogP contribution in [-0.2, 0) is 16.0 Å². The second-order valence-corrected chi connectivity index (χ2v) is 8.12. The van der Waals surface area contributed by atoms with Gasteiger partial charge in [0.05, 0.1) is 13.2 Å². The van der Waals surface area contributed by atoms with Crippen LogP contribution in [0.5, 0.6) is 0 Å². The van der Waals surface area contributed by atoms with E-state index < -0.39 is 0 Å². The summed E-state index contributed by atoms with van der Waals surface area (Å²) >= 11 is 0. The highest BCUT2D eigenvalue weighted by molar-refractivity contribution is 5.76. The Bertz CT molecular complexity index is 608. The van der Waals surface area contributed by atoms with Crippen molar-refractivity contribution in [2.45, 2.75) is 45.1 Å². The number of ether oxygens (including phenoxy) is 1. The molecule has 2 saturated heterocycles. The van der Waals surface area contributed by atoms with Gasteiger partial charge in [0.1, 0.15) is 11.5 Å². The highest BCUT2D eigenvalue weighted by Gasteiger charge is 2.37. The SMILES string of the molecule is C[C@@H]1C[C@@H]1c1ccc(CCC(=O)N2C[C@@H](N3CCOCC3)[C@@H](C)C2)o1. The van der Waals surface area contributed by atoms with Crippen molar-refractivity contribution in [1.82, 2.24) is 9.80 Å². The smallest absolute Gasteiger partial charge is 0.223 e. The van der Waals surface area contributed by atoms with Gasteiger partial charge < -0.3 is 14.1 Å². The van der Waals surface area contributed by atoms with E-state index in [9.17, 15) is 4.79 Å². The lowest BCUT2D eigenvalue weighted by atomic mass is 10.0. The van der Waals surface area contributed by atoms with Crippen LogP contribution in [0.25, 0.3) is 0 Å². The van der Waals surface area contributed by atoms with Gasteiger partial charge in [-0.05, 0) is 30.4 Å². The summed E-state index contributed by atoms with van der Waals surface area (Å²) in [6, 6.07) is 4.64. The molecule has 2 aliphatic heterocycles. The Morgan fingerprint density at radius 2 is 1.92 bits per heavy atom. The Hall–Kier alpha value is -1.33. The summed E-state index contributed by atoms with van der Waals surface area (Å²) < 4.78 is 11.4. The number of rotatable bonds is 5. The quantitative estimate of drug-likeness (QED) is 0.822. The molecule has 0 unspecified atom stereocenters. The molecule has 138 valence electrons. The third kappa shape index (κ3) is 3.77. The third-order valence-electron chi connectivity index (χ3n) is 6.18. The largest absolute Gasteiger partial charge is 0.466 e. The fourth-order valence-electron chi connectivity index (χ4n) is 4.37. The van der Waals surface area contributed by atoms with E-state index in [2.05, 4.69) is 35.8 Å². The number of carbonyl (C=O) groups is 1. The molecule has 3 heterocycles. The molecule has 0 radical (unpaired) electrons. The first-order valence-electron chi connectivity index (χ1n) is 9.80. The van der Waals surface area contributed by atoms with E-state index in [0.717, 1.165) is 56.8 Å². The van der Waals surface area contributed by atoms with Crippen molar-refractivity contribution in [2.24, 2.45) is 11.8 Å². The Labute approximate surface area is 150 Å². The van der Waals surface area contributed by atoms with Crippen molar-refractivity contribution in [3.63, 3.8) is 0 Å². The highest BCUT2D eigenvalue weighted by Crippen LogP contribution is 2.47. The number of morpholine rings is 1. The van der Waals surface area contributed by atoms with Gasteiger partial charge in [-0.15, -0.1) is 0 Å². The monoisotopic (exact) mass is 346 g/mol. The van der Waals surface area contributed by atoms with Gasteiger partial charge in [-0.3, -0.25) is 9.69 Å². The van der Waals surface area contributed by atoms with Gasteiger partial charge >= 0.3 is 0 Å². The third-order valence-corrected chi connectivity index (χ3v) is 6.18. The van der Waals surface area contributed by atoms with Gasteiger partial charge in [0.15, 0.2) is 0 Å². The van der Waals surface area contributed by atoms with Crippen LogP contribution < -0.4 is 0 Å². The lowest BCUT2D eigenvalue weighted by Gasteiger charge is -2.33. The standard InChI is InChI=1S/C20H30N2O3/c1-14-11-17(14)19-5-3-16(25-19)4-6-20(23)22-12-15(2)18(13-22)21-7-9-24-10-8-21/h3,5,14-15,17-18H,4,6-13H2,1-2H3/t14-,15+,17+,18-/m1/s1. The highest BCUT2D eigenvalue weighted by atomic mass is 16.5. The summed E-state index contributed by atoms with van der Waals surface area (Å²) in [6.07, 6.45) is 2.50. The Morgan fingerprint density at radius 3 is 2.64 bits per heavy atom. The Kier molecular flexibility index (Phi) is 4.87. The molecule has 0 N–H and O–H groups in total. The van der Waals surface area contributed by atoms with Crippen molar-refractivity contribution in [3.8, 4) is 0 Å². The van der Waals surface area contributed by atoms with Crippen LogP contribution in [0.2, 0.25) is 0 Å². The van der Waals surface area contributed by atoms with E-state index >= 15 is 0 Å². The Balaban J connectivity index is 1.27. The first-order chi connectivity index (χ1) is 12.1. The number of amides is 1. The number of hydrogen-bond acceptors (Lipinski definition) is 4. The summed E-state index contributed by atoms with van der Waals surface area (Å²) in [7, 11) is 0. The maximum atomic E-state index is 12.6. The summed E-state index contributed by atoms with van der Waals surface area (Å²) in [6.45, 7) is 9.89. The lowest BCUT2D eigenvalue weighted by Crippen LogP contribution is -2.47. The van der Waals surface area contributed by atoms with E-state index in [1.165, 1.54) is 6.42 Å². The lowest BCUT2D eigenvalue weighted by molar-refractivity contribution is -0.130. The molecule has 0 spiro atoms. The summed E-state index contributed by atoms with van der Waals surface area (Å²) in [5, 5.41) is 0. The van der Waals surface area contributed by atoms with Crippen LogP contribution in [0.4, 0.5) is 0 Å². The maximum Gasteiger partial charge on any atom is 0.223 e. The molecule has 0 bridgehead atoms. The molecular formula is C20H30N2O3. The van der Waals surface area contributed by atoms with Gasteiger partial charge in [0.25, 0.3) is 0 Å². The molecule has 3 fully saturated rings. The number of furan rings is 1. The molecule has 3 aliphatic rings. The minimum Gasteiger partial charge on any atom is -0.466 e. The number of aryl methyl sites for hydroxylation is 1. The second-order valence-electron chi connectivity index (χ2n) is 8.12. The number of hydrogen-bond donors (Lipinski definition) is 0. The van der Waals surface area contributed by atoms with Crippen molar-refractivity contribution in [2.75, 3.05) is 39.4 Å². The molecule has 1 amide bonds. The van der Waals surface area contributed by atoms with E-state index in [-0.39, 0.29) is 5.91 Å². The molecule has 25 heavy (non-hydrogen) atoms. The summed E-state index contributed by atoms with van der Waals surface area (Å²) in [5.74, 6) is 4.23. The van der Waals surface area contributed by atoms with Gasteiger partial charge in [-0.1, -0.05) is 13.8 Å². The fraction of sp³-hybridized carbons (Fsp3) is 0.750. The maximum absolute atomic E-state index is 12.6. The topological polar surface area (TPSA) is 45.9 Å². The normalized spacial score (nSPS) is 33.0. The van der Waals surface area contributed by atoms with Crippen molar-refractivity contribution in [3.05, 3.63) is 23.7 Å². The second kappa shape index (κ2) is 7.12. The molecule has 4 atom stereocenters. The molecule has 1 aromatic heterocycles. The van der Waals surface area contributed by atoms with Crippen LogP contribution >= 0.6 is 0 Å². The minimum atomic E-state index is 0.264. The van der Waals surface area contributed by atoms with Gasteiger partial charge in [0, 0.05) is 51.0 Å².